The van der Waals surface area contributed by atoms with Gasteiger partial charge in [-0.05, 0) is 56.3 Å². The zero-order valence-corrected chi connectivity index (χ0v) is 24.8. The van der Waals surface area contributed by atoms with Crippen LogP contribution in [0.15, 0.2) is 100 Å². The molecule has 0 atom stereocenters. The Labute approximate surface area is 252 Å². The summed E-state index contributed by atoms with van der Waals surface area (Å²) in [5, 5.41) is 3.58. The van der Waals surface area contributed by atoms with Crippen LogP contribution >= 0.6 is 27.3 Å². The number of anilines is 1. The number of benzene rings is 2. The van der Waals surface area contributed by atoms with E-state index in [1.807, 2.05) is 41.8 Å². The van der Waals surface area contributed by atoms with Gasteiger partial charge in [0.2, 0.25) is 11.7 Å². The van der Waals surface area contributed by atoms with Crippen molar-refractivity contribution in [1.29, 1.82) is 0 Å². The first-order valence-corrected chi connectivity index (χ1v) is 15.6. The molecule has 0 aliphatic rings. The SMILES string of the molecule is O=S(=O)(Nc1nc(-c2ncccn2)nc(OCCOc2ncc(Br)cn2)c1-c1cccs1)c1ccc2ccccc2c1. The largest absolute Gasteiger partial charge is 0.473 e. The van der Waals surface area contributed by atoms with Gasteiger partial charge in [0.05, 0.1) is 14.9 Å². The molecule has 0 aliphatic carbocycles. The predicted molar refractivity (Wildman–Crippen MR) is 162 cm³/mol. The number of nitrogens with one attached hydrogen (secondary N) is 1. The second-order valence-electron chi connectivity index (χ2n) is 8.62. The van der Waals surface area contributed by atoms with Crippen LogP contribution in [-0.2, 0) is 10.0 Å². The smallest absolute Gasteiger partial charge is 0.316 e. The second-order valence-corrected chi connectivity index (χ2v) is 12.2. The zero-order valence-electron chi connectivity index (χ0n) is 21.6. The standard InChI is InChI=1S/C28H20BrN7O4S2/c29-20-16-32-28(33-17-20)40-13-12-39-27-23(22-7-3-14-41-22)24(34-26(35-27)25-30-10-4-11-31-25)36-42(37,38)21-9-8-18-5-1-2-6-19(18)15-21/h1-11,14-17H,12-13H2,(H,34,35,36). The monoisotopic (exact) mass is 661 g/mol. The number of halogens is 1. The number of aromatic nitrogens is 6. The maximum atomic E-state index is 13.7. The molecule has 0 spiro atoms. The van der Waals surface area contributed by atoms with Crippen LogP contribution in [0.2, 0.25) is 0 Å². The van der Waals surface area contributed by atoms with Crippen molar-refractivity contribution in [1.82, 2.24) is 29.9 Å². The highest BCUT2D eigenvalue weighted by atomic mass is 79.9. The van der Waals surface area contributed by atoms with Crippen molar-refractivity contribution >= 4 is 53.9 Å². The number of rotatable bonds is 10. The molecule has 2 aromatic carbocycles. The fraction of sp³-hybridized carbons (Fsp3) is 0.0714. The molecule has 0 unspecified atom stereocenters. The molecule has 6 aromatic rings. The lowest BCUT2D eigenvalue weighted by Crippen LogP contribution is -2.17. The summed E-state index contributed by atoms with van der Waals surface area (Å²) >= 11 is 4.67. The molecule has 0 saturated carbocycles. The molecule has 0 aliphatic heterocycles. The van der Waals surface area contributed by atoms with E-state index in [2.05, 4.69) is 50.6 Å². The third-order valence-corrected chi connectivity index (χ3v) is 8.45. The van der Waals surface area contributed by atoms with Gasteiger partial charge in [0.15, 0.2) is 11.6 Å². The van der Waals surface area contributed by atoms with Crippen molar-refractivity contribution in [3.63, 3.8) is 0 Å². The van der Waals surface area contributed by atoms with E-state index in [-0.39, 0.29) is 47.5 Å². The van der Waals surface area contributed by atoms with E-state index < -0.39 is 10.0 Å². The predicted octanol–water partition coefficient (Wildman–Crippen LogP) is 5.63. The summed E-state index contributed by atoms with van der Waals surface area (Å²) in [5.74, 6) is 0.437. The maximum absolute atomic E-state index is 13.7. The van der Waals surface area contributed by atoms with Crippen molar-refractivity contribution in [3.8, 4) is 34.0 Å². The van der Waals surface area contributed by atoms with Gasteiger partial charge in [-0.2, -0.15) is 4.98 Å². The molecule has 42 heavy (non-hydrogen) atoms. The fourth-order valence-corrected chi connectivity index (χ4v) is 5.96. The summed E-state index contributed by atoms with van der Waals surface area (Å²) in [6.07, 6.45) is 6.24. The molecule has 4 aromatic heterocycles. The van der Waals surface area contributed by atoms with Crippen LogP contribution in [0.4, 0.5) is 5.82 Å². The summed E-state index contributed by atoms with van der Waals surface area (Å²) in [7, 11) is -4.08. The van der Waals surface area contributed by atoms with Crippen molar-refractivity contribution in [2.45, 2.75) is 4.90 Å². The highest BCUT2D eigenvalue weighted by molar-refractivity contribution is 9.10. The van der Waals surface area contributed by atoms with Crippen LogP contribution in [0.5, 0.6) is 11.9 Å². The topological polar surface area (TPSA) is 142 Å². The van der Waals surface area contributed by atoms with Gasteiger partial charge in [-0.1, -0.05) is 36.4 Å². The van der Waals surface area contributed by atoms with Crippen LogP contribution < -0.4 is 14.2 Å². The molecule has 4 heterocycles. The van der Waals surface area contributed by atoms with Crippen molar-refractivity contribution < 1.29 is 17.9 Å². The Bertz CT molecular complexity index is 1940. The van der Waals surface area contributed by atoms with Crippen LogP contribution in [0, 0.1) is 0 Å². The molecule has 0 amide bonds. The molecule has 0 bridgehead atoms. The first kappa shape index (κ1) is 27.6. The highest BCUT2D eigenvalue weighted by Crippen LogP contribution is 2.39. The van der Waals surface area contributed by atoms with Gasteiger partial charge < -0.3 is 9.47 Å². The average molecular weight is 663 g/mol. The Balaban J connectivity index is 1.38. The fourth-order valence-electron chi connectivity index (χ4n) is 3.94. The van der Waals surface area contributed by atoms with E-state index in [9.17, 15) is 8.42 Å². The van der Waals surface area contributed by atoms with E-state index in [1.54, 1.807) is 49.1 Å². The highest BCUT2D eigenvalue weighted by Gasteiger charge is 2.25. The lowest BCUT2D eigenvalue weighted by Gasteiger charge is -2.16. The Hall–Kier alpha value is -4.53. The van der Waals surface area contributed by atoms with E-state index in [0.717, 1.165) is 15.2 Å². The second kappa shape index (κ2) is 12.1. The van der Waals surface area contributed by atoms with Gasteiger partial charge in [-0.15, -0.1) is 11.3 Å². The van der Waals surface area contributed by atoms with Crippen LogP contribution in [0.3, 0.4) is 0 Å². The minimum Gasteiger partial charge on any atom is -0.473 e. The third-order valence-electron chi connectivity index (χ3n) is 5.82. The minimum atomic E-state index is -4.08. The summed E-state index contributed by atoms with van der Waals surface area (Å²) in [6, 6.07) is 18.0. The molecular formula is C28H20BrN7O4S2. The van der Waals surface area contributed by atoms with E-state index >= 15 is 0 Å². The van der Waals surface area contributed by atoms with Gasteiger partial charge in [-0.25, -0.2) is 33.3 Å². The first-order chi connectivity index (χ1) is 20.5. The third kappa shape index (κ3) is 6.20. The van der Waals surface area contributed by atoms with Crippen LogP contribution in [0.1, 0.15) is 0 Å². The first-order valence-electron chi connectivity index (χ1n) is 12.4. The van der Waals surface area contributed by atoms with E-state index in [0.29, 0.717) is 10.4 Å². The summed E-state index contributed by atoms with van der Waals surface area (Å²) in [6.45, 7) is 0.158. The van der Waals surface area contributed by atoms with Gasteiger partial charge in [0.1, 0.15) is 13.2 Å². The number of hydrogen-bond acceptors (Lipinski definition) is 11. The lowest BCUT2D eigenvalue weighted by molar-refractivity contribution is 0.202. The molecular weight excluding hydrogens is 642 g/mol. The van der Waals surface area contributed by atoms with E-state index in [4.69, 9.17) is 9.47 Å². The molecule has 6 rings (SSSR count). The number of nitrogens with zero attached hydrogens (tertiary/aromatic N) is 6. The zero-order chi connectivity index (χ0) is 28.9. The summed E-state index contributed by atoms with van der Waals surface area (Å²) in [5.41, 5.74) is 0.369. The van der Waals surface area contributed by atoms with Crippen LogP contribution in [-0.4, -0.2) is 51.5 Å². The Morgan fingerprint density at radius 3 is 2.33 bits per heavy atom. The number of sulfonamides is 1. The van der Waals surface area contributed by atoms with Gasteiger partial charge >= 0.3 is 6.01 Å². The van der Waals surface area contributed by atoms with Gasteiger partial charge in [-0.3, -0.25) is 4.72 Å². The molecule has 1 N–H and O–H groups in total. The normalized spacial score (nSPS) is 11.4. The average Bonchev–Trinajstić information content (AvgIpc) is 3.54. The molecule has 14 heteroatoms. The molecule has 0 fully saturated rings. The molecule has 0 saturated heterocycles. The van der Waals surface area contributed by atoms with Crippen molar-refractivity contribution in [3.05, 3.63) is 95.3 Å². The van der Waals surface area contributed by atoms with E-state index in [1.165, 1.54) is 11.3 Å². The number of ether oxygens (including phenoxy) is 2. The minimum absolute atomic E-state index is 0.0234. The van der Waals surface area contributed by atoms with Crippen molar-refractivity contribution in [2.75, 3.05) is 17.9 Å². The van der Waals surface area contributed by atoms with Crippen LogP contribution in [0.25, 0.3) is 32.9 Å². The molecule has 210 valence electrons. The molecule has 11 nitrogen and oxygen atoms in total. The van der Waals surface area contributed by atoms with Gasteiger partial charge in [0.25, 0.3) is 10.0 Å². The quantitative estimate of drug-likeness (QED) is 0.184. The number of hydrogen-bond donors (Lipinski definition) is 1. The number of thiophene rings is 1. The van der Waals surface area contributed by atoms with Gasteiger partial charge in [0, 0.05) is 29.7 Å². The maximum Gasteiger partial charge on any atom is 0.316 e. The summed E-state index contributed by atoms with van der Waals surface area (Å²) < 4.78 is 42.4. The molecule has 0 radical (unpaired) electrons. The lowest BCUT2D eigenvalue weighted by atomic mass is 10.1. The Morgan fingerprint density at radius 1 is 0.810 bits per heavy atom. The number of fused-ring (bicyclic) bond motifs is 1. The summed E-state index contributed by atoms with van der Waals surface area (Å²) in [4.78, 5) is 26.6. The Morgan fingerprint density at radius 2 is 1.57 bits per heavy atom. The Kier molecular flexibility index (Phi) is 7.99. The van der Waals surface area contributed by atoms with Crippen molar-refractivity contribution in [2.24, 2.45) is 0 Å².